The summed E-state index contributed by atoms with van der Waals surface area (Å²) in [7, 11) is 1.41. The Kier molecular flexibility index (Phi) is 3.63. The summed E-state index contributed by atoms with van der Waals surface area (Å²) in [6.07, 6.45) is 6.06. The molecule has 0 aromatic heterocycles. The quantitative estimate of drug-likeness (QED) is 0.558. The van der Waals surface area contributed by atoms with Crippen molar-refractivity contribution in [2.24, 2.45) is 17.8 Å². The Bertz CT molecular complexity index is 111. The SMILES string of the molecule is CC1CCC(CC[SiH3])CC1C. The van der Waals surface area contributed by atoms with E-state index in [0.29, 0.717) is 0 Å². The third-order valence-corrected chi connectivity index (χ3v) is 3.98. The van der Waals surface area contributed by atoms with Gasteiger partial charge in [-0.25, -0.2) is 0 Å². The van der Waals surface area contributed by atoms with Gasteiger partial charge in [0, 0.05) is 10.2 Å². The Hall–Kier alpha value is 0.217. The smallest absolute Gasteiger partial charge is 0.00281 e. The van der Waals surface area contributed by atoms with Gasteiger partial charge in [-0.05, 0) is 24.2 Å². The Morgan fingerprint density at radius 1 is 1.18 bits per heavy atom. The van der Waals surface area contributed by atoms with E-state index in [-0.39, 0.29) is 0 Å². The molecule has 1 rings (SSSR count). The highest BCUT2D eigenvalue weighted by Gasteiger charge is 2.23. The molecule has 1 heteroatoms. The standard InChI is InChI=1S/C10H22Si/c1-8-3-4-10(5-6-11)7-9(8)2/h8-10H,3-7H2,1-2,11H3. The minimum absolute atomic E-state index is 1.00. The summed E-state index contributed by atoms with van der Waals surface area (Å²) < 4.78 is 0. The van der Waals surface area contributed by atoms with Crippen LogP contribution in [0.1, 0.15) is 39.5 Å². The summed E-state index contributed by atoms with van der Waals surface area (Å²) >= 11 is 0. The second kappa shape index (κ2) is 4.29. The molecular formula is C10H22Si. The highest BCUT2D eigenvalue weighted by Crippen LogP contribution is 2.35. The number of hydrogen-bond donors (Lipinski definition) is 0. The van der Waals surface area contributed by atoms with Crippen molar-refractivity contribution in [3.63, 3.8) is 0 Å². The summed E-state index contributed by atoms with van der Waals surface area (Å²) in [6.45, 7) is 4.85. The first-order valence-corrected chi connectivity index (χ1v) is 6.65. The lowest BCUT2D eigenvalue weighted by Crippen LogP contribution is -2.20. The summed E-state index contributed by atoms with van der Waals surface area (Å²) in [4.78, 5) is 0. The first kappa shape index (κ1) is 9.31. The Labute approximate surface area is 74.2 Å². The van der Waals surface area contributed by atoms with E-state index in [0.717, 1.165) is 17.8 Å². The van der Waals surface area contributed by atoms with Crippen molar-refractivity contribution in [1.29, 1.82) is 0 Å². The maximum absolute atomic E-state index is 2.43. The highest BCUT2D eigenvalue weighted by molar-refractivity contribution is 6.08. The molecule has 66 valence electrons. The van der Waals surface area contributed by atoms with Crippen LogP contribution in [0, 0.1) is 17.8 Å². The van der Waals surface area contributed by atoms with Gasteiger partial charge in [0.05, 0.1) is 0 Å². The van der Waals surface area contributed by atoms with E-state index in [1.54, 1.807) is 0 Å². The van der Waals surface area contributed by atoms with Crippen LogP contribution in [0.25, 0.3) is 0 Å². The average Bonchev–Trinajstić information content (AvgIpc) is 1.98. The summed E-state index contributed by atoms with van der Waals surface area (Å²) in [5.74, 6) is 3.10. The molecule has 0 N–H and O–H groups in total. The Morgan fingerprint density at radius 3 is 2.45 bits per heavy atom. The normalized spacial score (nSPS) is 39.3. The van der Waals surface area contributed by atoms with Gasteiger partial charge in [-0.1, -0.05) is 39.2 Å². The van der Waals surface area contributed by atoms with Crippen molar-refractivity contribution in [2.45, 2.75) is 45.6 Å². The zero-order valence-electron chi connectivity index (χ0n) is 8.27. The van der Waals surface area contributed by atoms with Crippen LogP contribution in [0.15, 0.2) is 0 Å². The minimum Gasteiger partial charge on any atom is -0.0656 e. The molecule has 0 bridgehead atoms. The van der Waals surface area contributed by atoms with Gasteiger partial charge in [0.2, 0.25) is 0 Å². The molecule has 0 nitrogen and oxygen atoms in total. The fraction of sp³-hybridized carbons (Fsp3) is 1.00. The maximum Gasteiger partial charge on any atom is 0.00281 e. The summed E-state index contributed by atoms with van der Waals surface area (Å²) in [5.41, 5.74) is 0. The third-order valence-electron chi connectivity index (χ3n) is 3.40. The van der Waals surface area contributed by atoms with Crippen LogP contribution in [0.2, 0.25) is 6.04 Å². The van der Waals surface area contributed by atoms with Gasteiger partial charge in [-0.2, -0.15) is 0 Å². The maximum atomic E-state index is 2.43. The molecule has 0 spiro atoms. The van der Waals surface area contributed by atoms with E-state index in [2.05, 4.69) is 13.8 Å². The van der Waals surface area contributed by atoms with E-state index in [1.807, 2.05) is 0 Å². The lowest BCUT2D eigenvalue weighted by atomic mass is 9.75. The third kappa shape index (κ3) is 2.62. The second-order valence-corrected chi connectivity index (χ2v) is 5.42. The average molecular weight is 170 g/mol. The molecule has 0 saturated heterocycles. The molecule has 0 radical (unpaired) electrons. The Morgan fingerprint density at radius 2 is 1.91 bits per heavy atom. The van der Waals surface area contributed by atoms with Crippen molar-refractivity contribution in [2.75, 3.05) is 0 Å². The molecule has 3 atom stereocenters. The zero-order valence-corrected chi connectivity index (χ0v) is 10.3. The molecular weight excluding hydrogens is 148 g/mol. The van der Waals surface area contributed by atoms with Crippen LogP contribution >= 0.6 is 0 Å². The molecule has 0 aliphatic heterocycles. The van der Waals surface area contributed by atoms with Crippen molar-refractivity contribution in [1.82, 2.24) is 0 Å². The van der Waals surface area contributed by atoms with Gasteiger partial charge in [0.15, 0.2) is 0 Å². The summed E-state index contributed by atoms with van der Waals surface area (Å²) in [5, 5.41) is 0. The van der Waals surface area contributed by atoms with Crippen molar-refractivity contribution >= 4 is 10.2 Å². The van der Waals surface area contributed by atoms with E-state index < -0.39 is 0 Å². The predicted molar refractivity (Wildman–Crippen MR) is 55.0 cm³/mol. The van der Waals surface area contributed by atoms with Gasteiger partial charge in [-0.15, -0.1) is 0 Å². The van der Waals surface area contributed by atoms with Crippen LogP contribution in [0.5, 0.6) is 0 Å². The molecule has 0 aromatic rings. The van der Waals surface area contributed by atoms with Gasteiger partial charge in [0.1, 0.15) is 0 Å². The first-order valence-electron chi connectivity index (χ1n) is 5.24. The zero-order chi connectivity index (χ0) is 8.27. The van der Waals surface area contributed by atoms with Gasteiger partial charge in [-0.3, -0.25) is 0 Å². The van der Waals surface area contributed by atoms with Crippen LogP contribution in [0.3, 0.4) is 0 Å². The number of hydrogen-bond acceptors (Lipinski definition) is 0. The number of rotatable bonds is 2. The van der Waals surface area contributed by atoms with Crippen molar-refractivity contribution < 1.29 is 0 Å². The molecule has 3 unspecified atom stereocenters. The van der Waals surface area contributed by atoms with Crippen LogP contribution in [-0.4, -0.2) is 10.2 Å². The fourth-order valence-corrected chi connectivity index (χ4v) is 3.15. The van der Waals surface area contributed by atoms with Gasteiger partial charge in [0.25, 0.3) is 0 Å². The highest BCUT2D eigenvalue weighted by atomic mass is 28.1. The van der Waals surface area contributed by atoms with Gasteiger partial charge < -0.3 is 0 Å². The van der Waals surface area contributed by atoms with Gasteiger partial charge >= 0.3 is 0 Å². The van der Waals surface area contributed by atoms with E-state index in [1.165, 1.54) is 42.0 Å². The molecule has 0 aromatic carbocycles. The molecule has 0 amide bonds. The largest absolute Gasteiger partial charge is 0.0656 e. The molecule has 1 fully saturated rings. The van der Waals surface area contributed by atoms with Crippen molar-refractivity contribution in [3.05, 3.63) is 0 Å². The second-order valence-electron chi connectivity index (χ2n) is 4.42. The molecule has 1 aliphatic carbocycles. The van der Waals surface area contributed by atoms with Crippen LogP contribution < -0.4 is 0 Å². The van der Waals surface area contributed by atoms with Crippen LogP contribution in [-0.2, 0) is 0 Å². The van der Waals surface area contributed by atoms with Crippen LogP contribution in [0.4, 0.5) is 0 Å². The monoisotopic (exact) mass is 170 g/mol. The van der Waals surface area contributed by atoms with E-state index in [9.17, 15) is 0 Å². The topological polar surface area (TPSA) is 0 Å². The summed E-state index contributed by atoms with van der Waals surface area (Å²) in [6, 6.07) is 1.52. The molecule has 0 heterocycles. The lowest BCUT2D eigenvalue weighted by molar-refractivity contribution is 0.205. The predicted octanol–water partition coefficient (Wildman–Crippen LogP) is 2.23. The van der Waals surface area contributed by atoms with E-state index >= 15 is 0 Å². The molecule has 1 aliphatic rings. The Balaban J connectivity index is 2.28. The first-order chi connectivity index (χ1) is 5.24. The fourth-order valence-electron chi connectivity index (χ4n) is 2.33. The van der Waals surface area contributed by atoms with Crippen molar-refractivity contribution in [3.8, 4) is 0 Å². The lowest BCUT2D eigenvalue weighted by Gasteiger charge is -2.31. The van der Waals surface area contributed by atoms with E-state index in [4.69, 9.17) is 0 Å². The minimum atomic E-state index is 1.00. The molecule has 1 saturated carbocycles. The molecule has 11 heavy (non-hydrogen) atoms.